The maximum atomic E-state index is 12.2. The molecule has 0 aliphatic rings. The van der Waals surface area contributed by atoms with Gasteiger partial charge in [0.05, 0.1) is 6.54 Å². The predicted molar refractivity (Wildman–Crippen MR) is 81.1 cm³/mol. The molecule has 0 bridgehead atoms. The van der Waals surface area contributed by atoms with Crippen LogP contribution in [-0.4, -0.2) is 55.9 Å². The fraction of sp³-hybridized carbons (Fsp3) is 0.533. The first kappa shape index (κ1) is 16.2. The molecule has 4 heteroatoms. The number of benzene rings is 1. The van der Waals surface area contributed by atoms with Crippen molar-refractivity contribution in [2.24, 2.45) is 0 Å². The summed E-state index contributed by atoms with van der Waals surface area (Å²) in [7, 11) is 4.13. The topological polar surface area (TPSA) is 23.6 Å². The summed E-state index contributed by atoms with van der Waals surface area (Å²) >= 11 is 5.91. The van der Waals surface area contributed by atoms with E-state index in [1.54, 1.807) is 12.1 Å². The molecule has 1 aromatic rings. The molecule has 3 nitrogen and oxygen atoms in total. The van der Waals surface area contributed by atoms with Crippen LogP contribution in [0.25, 0.3) is 0 Å². The minimum Gasteiger partial charge on any atom is -0.309 e. The highest BCUT2D eigenvalue weighted by Gasteiger charge is 2.11. The van der Waals surface area contributed by atoms with Gasteiger partial charge in [-0.1, -0.05) is 30.7 Å². The Morgan fingerprint density at radius 2 is 2.00 bits per heavy atom. The summed E-state index contributed by atoms with van der Waals surface area (Å²) in [6.45, 7) is 5.42. The molecule has 0 heterocycles. The van der Waals surface area contributed by atoms with Gasteiger partial charge in [-0.25, -0.2) is 0 Å². The second-order valence-electron chi connectivity index (χ2n) is 4.96. The van der Waals surface area contributed by atoms with Crippen molar-refractivity contribution >= 4 is 17.4 Å². The van der Waals surface area contributed by atoms with Crippen LogP contribution in [-0.2, 0) is 0 Å². The molecule has 0 amide bonds. The third-order valence-corrected chi connectivity index (χ3v) is 3.28. The van der Waals surface area contributed by atoms with E-state index >= 15 is 0 Å². The van der Waals surface area contributed by atoms with E-state index in [9.17, 15) is 4.79 Å². The molecule has 0 aromatic heterocycles. The molecule has 0 radical (unpaired) electrons. The van der Waals surface area contributed by atoms with Crippen LogP contribution in [0.1, 0.15) is 23.7 Å². The number of nitrogens with zero attached hydrogens (tertiary/aromatic N) is 2. The second kappa shape index (κ2) is 8.31. The highest BCUT2D eigenvalue weighted by Crippen LogP contribution is 2.11. The standard InChI is InChI=1S/C15H23ClN2O/c1-4-18(10-6-9-17(2)3)12-15(19)13-7-5-8-14(16)11-13/h5,7-8,11H,4,6,9-10,12H2,1-3H3. The summed E-state index contributed by atoms with van der Waals surface area (Å²) in [5.74, 6) is 0.134. The molecular weight excluding hydrogens is 260 g/mol. The summed E-state index contributed by atoms with van der Waals surface area (Å²) in [5, 5.41) is 0.613. The van der Waals surface area contributed by atoms with E-state index in [0.717, 1.165) is 26.1 Å². The van der Waals surface area contributed by atoms with Gasteiger partial charge in [0.15, 0.2) is 5.78 Å². The van der Waals surface area contributed by atoms with Gasteiger partial charge in [0.1, 0.15) is 0 Å². The molecule has 0 aliphatic carbocycles. The third kappa shape index (κ3) is 6.19. The summed E-state index contributed by atoms with van der Waals surface area (Å²) in [6, 6.07) is 7.16. The van der Waals surface area contributed by atoms with Crippen molar-refractivity contribution in [2.75, 3.05) is 40.3 Å². The van der Waals surface area contributed by atoms with Crippen molar-refractivity contribution in [1.82, 2.24) is 9.80 Å². The number of hydrogen-bond donors (Lipinski definition) is 0. The van der Waals surface area contributed by atoms with E-state index in [4.69, 9.17) is 11.6 Å². The van der Waals surface area contributed by atoms with Crippen LogP contribution in [0.4, 0.5) is 0 Å². The van der Waals surface area contributed by atoms with Crippen molar-refractivity contribution in [2.45, 2.75) is 13.3 Å². The molecule has 0 saturated carbocycles. The molecule has 0 aliphatic heterocycles. The van der Waals surface area contributed by atoms with Gasteiger partial charge in [0, 0.05) is 10.6 Å². The van der Waals surface area contributed by atoms with E-state index in [1.165, 1.54) is 0 Å². The number of hydrogen-bond acceptors (Lipinski definition) is 3. The average Bonchev–Trinajstić information content (AvgIpc) is 2.37. The van der Waals surface area contributed by atoms with Gasteiger partial charge in [-0.15, -0.1) is 0 Å². The molecule has 0 fully saturated rings. The van der Waals surface area contributed by atoms with E-state index in [0.29, 0.717) is 17.1 Å². The number of Topliss-reactive ketones (excluding diaryl/α,β-unsaturated/α-hetero) is 1. The Morgan fingerprint density at radius 1 is 1.26 bits per heavy atom. The zero-order valence-corrected chi connectivity index (χ0v) is 12.8. The van der Waals surface area contributed by atoms with Gasteiger partial charge >= 0.3 is 0 Å². The van der Waals surface area contributed by atoms with Crippen molar-refractivity contribution in [1.29, 1.82) is 0 Å². The first-order valence-electron chi connectivity index (χ1n) is 6.68. The van der Waals surface area contributed by atoms with Gasteiger partial charge in [-0.3, -0.25) is 9.69 Å². The van der Waals surface area contributed by atoms with Crippen LogP contribution in [0.5, 0.6) is 0 Å². The number of carbonyl (C=O) groups is 1. The minimum atomic E-state index is 0.134. The van der Waals surface area contributed by atoms with Crippen LogP contribution < -0.4 is 0 Å². The maximum absolute atomic E-state index is 12.2. The third-order valence-electron chi connectivity index (χ3n) is 3.04. The highest BCUT2D eigenvalue weighted by molar-refractivity contribution is 6.31. The predicted octanol–water partition coefficient (Wildman–Crippen LogP) is 2.80. The Hall–Kier alpha value is -0.900. The molecule has 0 atom stereocenters. The Morgan fingerprint density at radius 3 is 2.58 bits per heavy atom. The Bertz CT molecular complexity index is 407. The quantitative estimate of drug-likeness (QED) is 0.685. The van der Waals surface area contributed by atoms with Crippen LogP contribution in [0.15, 0.2) is 24.3 Å². The fourth-order valence-electron chi connectivity index (χ4n) is 1.92. The molecule has 0 N–H and O–H groups in total. The van der Waals surface area contributed by atoms with Crippen LogP contribution in [0, 0.1) is 0 Å². The van der Waals surface area contributed by atoms with E-state index in [1.807, 2.05) is 12.1 Å². The number of halogens is 1. The molecule has 0 unspecified atom stereocenters. The van der Waals surface area contributed by atoms with Gasteiger partial charge in [-0.05, 0) is 52.3 Å². The summed E-state index contributed by atoms with van der Waals surface area (Å²) in [4.78, 5) is 16.5. The van der Waals surface area contributed by atoms with E-state index in [2.05, 4.69) is 30.8 Å². The second-order valence-corrected chi connectivity index (χ2v) is 5.40. The van der Waals surface area contributed by atoms with Gasteiger partial charge in [0.25, 0.3) is 0 Å². The minimum absolute atomic E-state index is 0.134. The lowest BCUT2D eigenvalue weighted by Gasteiger charge is -2.20. The monoisotopic (exact) mass is 282 g/mol. The van der Waals surface area contributed by atoms with Crippen LogP contribution in [0.2, 0.25) is 5.02 Å². The smallest absolute Gasteiger partial charge is 0.176 e. The van der Waals surface area contributed by atoms with E-state index < -0.39 is 0 Å². The van der Waals surface area contributed by atoms with E-state index in [-0.39, 0.29) is 5.78 Å². The summed E-state index contributed by atoms with van der Waals surface area (Å²) in [5.41, 5.74) is 0.693. The molecule has 0 saturated heterocycles. The van der Waals surface area contributed by atoms with Gasteiger partial charge < -0.3 is 4.90 Å². The lowest BCUT2D eigenvalue weighted by atomic mass is 10.1. The Labute approximate surface area is 121 Å². The number of ketones is 1. The first-order valence-corrected chi connectivity index (χ1v) is 7.06. The number of likely N-dealkylation sites (N-methyl/N-ethyl adjacent to an activating group) is 1. The van der Waals surface area contributed by atoms with Crippen molar-refractivity contribution in [3.8, 4) is 0 Å². The van der Waals surface area contributed by atoms with Gasteiger partial charge in [-0.2, -0.15) is 0 Å². The summed E-state index contributed by atoms with van der Waals surface area (Å²) in [6.07, 6.45) is 1.07. The Kier molecular flexibility index (Phi) is 7.06. The lowest BCUT2D eigenvalue weighted by Crippen LogP contribution is -2.32. The number of rotatable bonds is 8. The molecule has 1 aromatic carbocycles. The molecule has 0 spiro atoms. The van der Waals surface area contributed by atoms with Crippen LogP contribution >= 0.6 is 11.6 Å². The molecular formula is C15H23ClN2O. The fourth-order valence-corrected chi connectivity index (χ4v) is 2.11. The normalized spacial score (nSPS) is 11.3. The van der Waals surface area contributed by atoms with Crippen LogP contribution in [0.3, 0.4) is 0 Å². The molecule has 1 rings (SSSR count). The average molecular weight is 283 g/mol. The lowest BCUT2D eigenvalue weighted by molar-refractivity contribution is 0.0932. The van der Waals surface area contributed by atoms with Crippen molar-refractivity contribution < 1.29 is 4.79 Å². The zero-order chi connectivity index (χ0) is 14.3. The molecule has 19 heavy (non-hydrogen) atoms. The highest BCUT2D eigenvalue weighted by atomic mass is 35.5. The number of carbonyl (C=O) groups excluding carboxylic acids is 1. The summed E-state index contributed by atoms with van der Waals surface area (Å²) < 4.78 is 0. The van der Waals surface area contributed by atoms with Gasteiger partial charge in [0.2, 0.25) is 0 Å². The zero-order valence-electron chi connectivity index (χ0n) is 12.0. The van der Waals surface area contributed by atoms with Crippen molar-refractivity contribution in [3.05, 3.63) is 34.9 Å². The largest absolute Gasteiger partial charge is 0.309 e. The first-order chi connectivity index (χ1) is 9.02. The molecule has 106 valence electrons. The van der Waals surface area contributed by atoms with Crippen molar-refractivity contribution in [3.63, 3.8) is 0 Å². The maximum Gasteiger partial charge on any atom is 0.176 e. The SMILES string of the molecule is CCN(CCCN(C)C)CC(=O)c1cccc(Cl)c1. The Balaban J connectivity index is 2.48.